The molecule has 0 aliphatic carbocycles. The predicted molar refractivity (Wildman–Crippen MR) is 139 cm³/mol. The third kappa shape index (κ3) is 6.32. The third-order valence-corrected chi connectivity index (χ3v) is 5.07. The van der Waals surface area contributed by atoms with Crippen LogP contribution in [-0.2, 0) is 6.54 Å². The molecule has 0 amide bonds. The van der Waals surface area contributed by atoms with Crippen LogP contribution in [0.15, 0.2) is 105 Å². The van der Waals surface area contributed by atoms with Crippen LogP contribution in [0.25, 0.3) is 0 Å². The van der Waals surface area contributed by atoms with Crippen molar-refractivity contribution < 1.29 is 0 Å². The van der Waals surface area contributed by atoms with Crippen molar-refractivity contribution in [2.24, 2.45) is 27.4 Å². The molecule has 0 spiro atoms. The number of amidine groups is 2. The van der Waals surface area contributed by atoms with Gasteiger partial charge in [0.15, 0.2) is 0 Å². The number of aliphatic imine (C=N–C) groups is 2. The quantitative estimate of drug-likeness (QED) is 0.247. The van der Waals surface area contributed by atoms with Crippen LogP contribution in [0.1, 0.15) is 19.4 Å². The molecule has 3 rings (SSSR count). The predicted octanol–water partition coefficient (Wildman–Crippen LogP) is 2.33. The molecule has 0 saturated heterocycles. The maximum atomic E-state index is 7.53. The van der Waals surface area contributed by atoms with Crippen LogP contribution in [0.2, 0.25) is 0 Å². The number of hydrogen-bond donors (Lipinski definition) is 6. The number of aromatic nitrogens is 1. The first-order chi connectivity index (χ1) is 16.4. The fourth-order valence-electron chi connectivity index (χ4n) is 3.23. The van der Waals surface area contributed by atoms with Crippen LogP contribution in [0.4, 0.5) is 0 Å². The van der Waals surface area contributed by atoms with Gasteiger partial charge in [-0.25, -0.2) is 4.99 Å². The second-order valence-corrected chi connectivity index (χ2v) is 7.95. The fraction of sp³-hybridized carbons (Fsp3) is 0.200. The average Bonchev–Trinajstić information content (AvgIpc) is 2.84. The average molecular weight is 458 g/mol. The van der Waals surface area contributed by atoms with Gasteiger partial charge in [-0.15, -0.1) is 0 Å². The molecule has 8 N–H and O–H groups in total. The number of hydrogen-bond acceptors (Lipinski definition) is 7. The Kier molecular flexibility index (Phi) is 8.17. The van der Waals surface area contributed by atoms with E-state index in [2.05, 4.69) is 30.9 Å². The lowest BCUT2D eigenvalue weighted by Crippen LogP contribution is -2.28. The Morgan fingerprint density at radius 3 is 2.76 bits per heavy atom. The number of pyridine rings is 1. The SMILES string of the molecule is CN/C=C(/C1=CNC2=CC=C(N=C(N)C=C(C=N)C(C)C)NC2=C1)C(N)=NCc1cccnc1. The molecule has 9 heteroatoms. The molecule has 176 valence electrons. The molecule has 0 saturated carbocycles. The first-order valence-corrected chi connectivity index (χ1v) is 10.9. The Morgan fingerprint density at radius 1 is 1.26 bits per heavy atom. The highest BCUT2D eigenvalue weighted by molar-refractivity contribution is 6.02. The first kappa shape index (κ1) is 24.2. The summed E-state index contributed by atoms with van der Waals surface area (Å²) in [6.45, 7) is 4.45. The molecular weight excluding hydrogens is 426 g/mol. The van der Waals surface area contributed by atoms with Gasteiger partial charge in [0.25, 0.3) is 0 Å². The Labute approximate surface area is 200 Å². The summed E-state index contributed by atoms with van der Waals surface area (Å²) in [5.41, 5.74) is 17.5. The molecule has 0 unspecified atom stereocenters. The lowest BCUT2D eigenvalue weighted by molar-refractivity contribution is 0.806. The van der Waals surface area contributed by atoms with Crippen molar-refractivity contribution in [3.05, 3.63) is 101 Å². The lowest BCUT2D eigenvalue weighted by atomic mass is 10.0. The Hall–Kier alpha value is -4.40. The number of dihydropyridines is 2. The second kappa shape index (κ2) is 11.5. The van der Waals surface area contributed by atoms with Crippen molar-refractivity contribution in [3.63, 3.8) is 0 Å². The van der Waals surface area contributed by atoms with E-state index >= 15 is 0 Å². The van der Waals surface area contributed by atoms with E-state index in [-0.39, 0.29) is 5.92 Å². The zero-order valence-corrected chi connectivity index (χ0v) is 19.6. The Bertz CT molecular complexity index is 1160. The number of allylic oxidation sites excluding steroid dienone is 4. The van der Waals surface area contributed by atoms with E-state index in [1.807, 2.05) is 63.7 Å². The molecule has 2 aliphatic rings. The number of nitrogens with zero attached hydrogens (tertiary/aromatic N) is 3. The molecule has 9 nitrogen and oxygen atoms in total. The van der Waals surface area contributed by atoms with Gasteiger partial charge in [0.1, 0.15) is 17.5 Å². The molecule has 0 fully saturated rings. The summed E-state index contributed by atoms with van der Waals surface area (Å²) < 4.78 is 0. The van der Waals surface area contributed by atoms with E-state index < -0.39 is 0 Å². The van der Waals surface area contributed by atoms with Crippen LogP contribution in [0.3, 0.4) is 0 Å². The largest absolute Gasteiger partial charge is 0.393 e. The maximum absolute atomic E-state index is 7.53. The molecule has 3 heterocycles. The van der Waals surface area contributed by atoms with Gasteiger partial charge in [0.2, 0.25) is 0 Å². The van der Waals surface area contributed by atoms with E-state index in [0.717, 1.165) is 33.7 Å². The molecule has 0 aromatic carbocycles. The van der Waals surface area contributed by atoms with Gasteiger partial charge < -0.3 is 32.8 Å². The highest BCUT2D eigenvalue weighted by Crippen LogP contribution is 2.23. The maximum Gasteiger partial charge on any atom is 0.132 e. The molecule has 0 bridgehead atoms. The van der Waals surface area contributed by atoms with E-state index in [1.165, 1.54) is 6.21 Å². The van der Waals surface area contributed by atoms with Crippen LogP contribution < -0.4 is 27.4 Å². The minimum absolute atomic E-state index is 0.187. The van der Waals surface area contributed by atoms with E-state index in [9.17, 15) is 0 Å². The number of fused-ring (bicyclic) bond motifs is 1. The summed E-state index contributed by atoms with van der Waals surface area (Å²) in [5, 5.41) is 17.1. The Balaban J connectivity index is 1.80. The zero-order valence-electron chi connectivity index (χ0n) is 19.6. The van der Waals surface area contributed by atoms with Crippen molar-refractivity contribution in [3.8, 4) is 0 Å². The van der Waals surface area contributed by atoms with Gasteiger partial charge in [-0.05, 0) is 47.4 Å². The van der Waals surface area contributed by atoms with Crippen molar-refractivity contribution in [1.29, 1.82) is 5.41 Å². The smallest absolute Gasteiger partial charge is 0.132 e. The number of rotatable bonds is 9. The van der Waals surface area contributed by atoms with Crippen molar-refractivity contribution in [2.75, 3.05) is 7.05 Å². The topological polar surface area (TPSA) is 150 Å². The summed E-state index contributed by atoms with van der Waals surface area (Å²) in [5.74, 6) is 1.51. The highest BCUT2D eigenvalue weighted by Gasteiger charge is 2.18. The van der Waals surface area contributed by atoms with Gasteiger partial charge in [-0.2, -0.15) is 0 Å². The number of nitrogens with two attached hydrogens (primary N) is 2. The zero-order chi connectivity index (χ0) is 24.5. The minimum atomic E-state index is 0.187. The number of nitrogens with one attached hydrogen (secondary N) is 4. The van der Waals surface area contributed by atoms with Crippen molar-refractivity contribution in [1.82, 2.24) is 20.9 Å². The van der Waals surface area contributed by atoms with Crippen LogP contribution in [-0.4, -0.2) is 29.9 Å². The molecule has 0 radical (unpaired) electrons. The standard InChI is InChI=1S/C25H31N9/c1-16(2)18(11-26)10-23(27)34-24-7-6-21-22(33-24)9-19(14-31-21)20(15-29-3)25(28)32-13-17-5-4-8-30-12-17/h4-12,14-16,26,29,31,33H,13H2,1-3H3,(H2,27,34)(H2,28,32)/b18-10?,20-15-,26-11?. The highest BCUT2D eigenvalue weighted by atomic mass is 15.1. The first-order valence-electron chi connectivity index (χ1n) is 10.9. The summed E-state index contributed by atoms with van der Waals surface area (Å²) in [6.07, 6.45) is 15.9. The van der Waals surface area contributed by atoms with Crippen LogP contribution >= 0.6 is 0 Å². The molecule has 1 aromatic heterocycles. The molecule has 34 heavy (non-hydrogen) atoms. The molecule has 0 atom stereocenters. The molecule has 1 aromatic rings. The lowest BCUT2D eigenvalue weighted by Gasteiger charge is -2.24. The fourth-order valence-corrected chi connectivity index (χ4v) is 3.23. The third-order valence-electron chi connectivity index (χ3n) is 5.07. The van der Waals surface area contributed by atoms with Gasteiger partial charge in [-0.1, -0.05) is 19.9 Å². The van der Waals surface area contributed by atoms with E-state index in [1.54, 1.807) is 18.5 Å². The monoisotopic (exact) mass is 457 g/mol. The van der Waals surface area contributed by atoms with Gasteiger partial charge >= 0.3 is 0 Å². The Morgan fingerprint density at radius 2 is 2.09 bits per heavy atom. The van der Waals surface area contributed by atoms with E-state index in [0.29, 0.717) is 24.0 Å². The summed E-state index contributed by atoms with van der Waals surface area (Å²) >= 11 is 0. The van der Waals surface area contributed by atoms with E-state index in [4.69, 9.17) is 16.9 Å². The van der Waals surface area contributed by atoms with Crippen LogP contribution in [0, 0.1) is 11.3 Å². The summed E-state index contributed by atoms with van der Waals surface area (Å²) in [4.78, 5) is 13.1. The van der Waals surface area contributed by atoms with Gasteiger partial charge in [0.05, 0.1) is 17.9 Å². The van der Waals surface area contributed by atoms with Gasteiger partial charge in [-0.3, -0.25) is 9.98 Å². The van der Waals surface area contributed by atoms with Crippen LogP contribution in [0.5, 0.6) is 0 Å². The summed E-state index contributed by atoms with van der Waals surface area (Å²) in [7, 11) is 1.81. The minimum Gasteiger partial charge on any atom is -0.393 e. The van der Waals surface area contributed by atoms with Crippen molar-refractivity contribution in [2.45, 2.75) is 20.4 Å². The van der Waals surface area contributed by atoms with Gasteiger partial charge in [0, 0.05) is 49.2 Å². The normalized spacial score (nSPS) is 16.9. The summed E-state index contributed by atoms with van der Waals surface area (Å²) in [6, 6.07) is 3.83. The second-order valence-electron chi connectivity index (χ2n) is 7.95. The molecular formula is C25H31N9. The molecule has 2 aliphatic heterocycles. The van der Waals surface area contributed by atoms with Crippen molar-refractivity contribution >= 4 is 17.9 Å².